The summed E-state index contributed by atoms with van der Waals surface area (Å²) in [5.74, 6) is -11.6. The van der Waals surface area contributed by atoms with Crippen molar-refractivity contribution in [1.29, 1.82) is 0 Å². The molecule has 0 saturated carbocycles. The van der Waals surface area contributed by atoms with Gasteiger partial charge in [-0.2, -0.15) is 67.3 Å². The second-order valence-electron chi connectivity index (χ2n) is 33.7. The Morgan fingerprint density at radius 2 is 0.406 bits per heavy atom. The molecule has 0 bridgehead atoms. The largest absolute Gasteiger partial charge is 0.457 e. The van der Waals surface area contributed by atoms with Crippen molar-refractivity contribution < 1.29 is 142 Å². The van der Waals surface area contributed by atoms with Crippen molar-refractivity contribution in [1.82, 2.24) is 0 Å². The van der Waals surface area contributed by atoms with Gasteiger partial charge in [-0.25, -0.2) is 9.80 Å². The minimum absolute atomic E-state index is 0.0456. The van der Waals surface area contributed by atoms with Gasteiger partial charge in [-0.3, -0.25) is 55.6 Å². The molecule has 0 spiro atoms. The van der Waals surface area contributed by atoms with Gasteiger partial charge in [0.2, 0.25) is 0 Å². The van der Waals surface area contributed by atoms with Crippen LogP contribution < -0.4 is 28.7 Å². The number of anilines is 2. The maximum Gasteiger partial charge on any atom is 0.295 e. The summed E-state index contributed by atoms with van der Waals surface area (Å²) >= 11 is 0. The summed E-state index contributed by atoms with van der Waals surface area (Å²) in [6, 6.07) is 42.6. The fourth-order valence-corrected chi connectivity index (χ4v) is 22.4. The number of fused-ring (bicyclic) bond motifs is 2. The van der Waals surface area contributed by atoms with E-state index in [0.29, 0.717) is 22.3 Å². The lowest BCUT2D eigenvalue weighted by atomic mass is 9.80. The highest BCUT2D eigenvalue weighted by Gasteiger charge is 2.45. The van der Waals surface area contributed by atoms with Crippen LogP contribution in [0, 0.1) is 0 Å². The van der Waals surface area contributed by atoms with E-state index in [4.69, 9.17) is 18.9 Å². The minimum Gasteiger partial charge on any atom is -0.457 e. The molecule has 34 nitrogen and oxygen atoms in total. The van der Waals surface area contributed by atoms with E-state index in [1.54, 1.807) is 91.8 Å². The molecule has 138 heavy (non-hydrogen) atoms. The third kappa shape index (κ3) is 17.3. The normalized spacial score (nSPS) is 13.7. The van der Waals surface area contributed by atoms with E-state index in [2.05, 4.69) is 0 Å². The number of ether oxygens (including phenoxy) is 4. The number of para-hydroxylation sites is 2. The number of hydrogen-bond donors (Lipinski definition) is 8. The Kier molecular flexibility index (Phi) is 23.8. The Bertz CT molecular complexity index is 7870. The van der Waals surface area contributed by atoms with Crippen molar-refractivity contribution >= 4 is 159 Å². The predicted molar refractivity (Wildman–Crippen MR) is 505 cm³/mol. The molecule has 2 aliphatic rings. The van der Waals surface area contributed by atoms with Gasteiger partial charge in [0.1, 0.15) is 65.6 Å². The summed E-state index contributed by atoms with van der Waals surface area (Å²) in [6.45, 7) is 14.2. The zero-order valence-corrected chi connectivity index (χ0v) is 79.3. The highest BCUT2D eigenvalue weighted by atomic mass is 32.2. The molecule has 2 heterocycles. The molecule has 15 aromatic carbocycles. The zero-order valence-electron chi connectivity index (χ0n) is 72.8. The van der Waals surface area contributed by atoms with Crippen LogP contribution >= 0.6 is 0 Å². The first-order valence-electron chi connectivity index (χ1n) is 41.4. The Morgan fingerprint density at radius 1 is 0.217 bits per heavy atom. The lowest BCUT2D eigenvalue weighted by molar-refractivity contribution is 0.0877. The van der Waals surface area contributed by atoms with E-state index in [0.717, 1.165) is 204 Å². The number of rotatable bonds is 26. The molecule has 0 radical (unpaired) electrons. The molecule has 8 N–H and O–H groups in total. The molecule has 4 amide bonds. The number of imide groups is 2. The molecular weight excluding hydrogens is 1950 g/mol. The molecule has 0 saturated heterocycles. The van der Waals surface area contributed by atoms with Crippen LogP contribution in [0.25, 0.3) is 87.6 Å². The van der Waals surface area contributed by atoms with Crippen LogP contribution in [0.3, 0.4) is 0 Å². The Morgan fingerprint density at radius 3 is 0.572 bits per heavy atom. The Labute approximate surface area is 788 Å². The van der Waals surface area contributed by atoms with Crippen molar-refractivity contribution in [3.05, 3.63) is 275 Å². The summed E-state index contributed by atoms with van der Waals surface area (Å²) < 4.78 is 326. The van der Waals surface area contributed by atoms with E-state index >= 15 is 19.2 Å². The Hall–Kier alpha value is -13.6. The van der Waals surface area contributed by atoms with Crippen molar-refractivity contribution in [2.45, 2.75) is 118 Å². The standard InChI is InChI=1S/C96H74N2O32S8/c1-47(2)63-11-9-12-64(48(3)4)91(63)97-93(99)71-43-75(127-55-23-35-67(79(39-55)135(115,116)117)51-15-27-59(28-16-51)131(103,104)105)85-87-77(129-57-25-37-69(81(41-57)137(121,122)123)53-19-31-61(32-20-53)133(109,110)111)45-73-84-74(96(102)98(95(73)101)92-65(49(5)6)13-10-14-66(92)50(7)8)46-78(130-58-26-38-70(82(42-58)138(124,125)126)54-21-33-62(34-22-54)134(112,113)114)88(90(84)87)86-76(44-72(94(97)100)83(71)89(85)86)128-56-24-36-68(80(40-56)136(118,119)120)52-17-29-60(30-18-52)132(106,107)108/h9-50H,1-8H3,(H,103,104,105)(H,106,107,108)(H,109,110,111)(H,112,113,114)(H,115,116,117)(H,118,119,120)(H,121,122,123)(H,124,125,126). The van der Waals surface area contributed by atoms with Gasteiger partial charge < -0.3 is 18.9 Å². The van der Waals surface area contributed by atoms with E-state index in [1.165, 1.54) is 0 Å². The van der Waals surface area contributed by atoms with Crippen LogP contribution in [0.1, 0.15) is 143 Å². The fraction of sp³-hybridized carbons (Fsp3) is 0.125. The number of hydrogen-bond acceptors (Lipinski definition) is 24. The van der Waals surface area contributed by atoms with Crippen molar-refractivity contribution in [2.24, 2.45) is 0 Å². The molecule has 0 atom stereocenters. The second kappa shape index (κ2) is 34.2. The molecule has 42 heteroatoms. The van der Waals surface area contributed by atoms with Crippen LogP contribution in [-0.2, 0) is 80.9 Å². The molecule has 0 aliphatic carbocycles. The average molecular weight is 2020 g/mol. The number of carbonyl (C=O) groups is 4. The van der Waals surface area contributed by atoms with Gasteiger partial charge in [-0.15, -0.1) is 0 Å². The molecule has 17 rings (SSSR count). The third-order valence-electron chi connectivity index (χ3n) is 23.7. The lowest BCUT2D eigenvalue weighted by Gasteiger charge is -2.35. The van der Waals surface area contributed by atoms with E-state index in [9.17, 15) is 104 Å². The summed E-state index contributed by atoms with van der Waals surface area (Å²) in [6.07, 6.45) is 0. The topological polar surface area (TPSA) is 547 Å². The summed E-state index contributed by atoms with van der Waals surface area (Å²) in [4.78, 5) is 63.4. The number of nitrogens with zero attached hydrogens (tertiary/aromatic N) is 2. The van der Waals surface area contributed by atoms with E-state index < -0.39 is 268 Å². The first-order valence-corrected chi connectivity index (χ1v) is 52.9. The number of benzene rings is 15. The minimum atomic E-state index is -5.54. The third-order valence-corrected chi connectivity index (χ3v) is 30.8. The van der Waals surface area contributed by atoms with Crippen LogP contribution in [-0.4, -0.2) is 127 Å². The van der Waals surface area contributed by atoms with Gasteiger partial charge in [0.15, 0.2) is 0 Å². The quantitative estimate of drug-likeness (QED) is 0.0108. The van der Waals surface area contributed by atoms with Crippen molar-refractivity contribution in [3.8, 4) is 90.5 Å². The first-order chi connectivity index (χ1) is 64.5. The maximum atomic E-state index is 17.0. The first kappa shape index (κ1) is 96.1. The smallest absolute Gasteiger partial charge is 0.295 e. The number of carbonyl (C=O) groups excluding carboxylic acids is 4. The molecule has 0 aromatic heterocycles. The van der Waals surface area contributed by atoms with Crippen LogP contribution in [0.15, 0.2) is 270 Å². The van der Waals surface area contributed by atoms with Crippen molar-refractivity contribution in [2.75, 3.05) is 9.80 Å². The predicted octanol–water partition coefficient (Wildman–Crippen LogP) is 19.6. The number of amides is 4. The SMILES string of the molecule is CC(C)c1cccc(C(C)C)c1N1C(=O)c2cc(Oc3ccc(-c4ccc(S(=O)(=O)O)cc4)c(S(=O)(=O)O)c3)c3c4c(Oc5ccc(-c6ccc(S(=O)(=O)O)cc6)c(S(=O)(=O)O)c5)cc5c6c(cc(Oc7ccc(-c8ccc(S(=O)(=O)O)cc8)c(S(=O)(=O)O)c7)c(c7c(Oc8ccc(-c9ccc(S(=O)(=O)O)cc9)c(S(=O)(=O)O)c8)cc(c2c37)C1=O)c64)C(=O)N(c1c(C(C)C)cccc1C(C)C)C5=O. The van der Waals surface area contributed by atoms with Crippen LogP contribution in [0.5, 0.6) is 46.0 Å². The van der Waals surface area contributed by atoms with Gasteiger partial charge in [0, 0.05) is 89.6 Å². The fourth-order valence-electron chi connectivity index (χ4n) is 17.6. The Balaban J connectivity index is 1.10. The van der Waals surface area contributed by atoms with Gasteiger partial charge in [0.05, 0.1) is 53.2 Å². The summed E-state index contributed by atoms with van der Waals surface area (Å²) in [7, 11) is -41.7. The molecule has 2 aliphatic heterocycles. The van der Waals surface area contributed by atoms with E-state index in [-0.39, 0.29) is 66.7 Å². The molecule has 0 fully saturated rings. The summed E-state index contributed by atoms with van der Waals surface area (Å²) in [5, 5.41) is -3.60. The lowest BCUT2D eigenvalue weighted by Crippen LogP contribution is -2.42. The van der Waals surface area contributed by atoms with Crippen LogP contribution in [0.4, 0.5) is 11.4 Å². The average Bonchev–Trinajstić information content (AvgIpc) is 0.666. The molecule has 708 valence electrons. The van der Waals surface area contributed by atoms with Gasteiger partial charge >= 0.3 is 0 Å². The highest BCUT2D eigenvalue weighted by Crippen LogP contribution is 2.60. The van der Waals surface area contributed by atoms with Gasteiger partial charge in [0.25, 0.3) is 105 Å². The second-order valence-corrected chi connectivity index (χ2v) is 45.0. The van der Waals surface area contributed by atoms with E-state index in [1.807, 2.05) is 0 Å². The van der Waals surface area contributed by atoms with Gasteiger partial charge in [-0.05, 0) is 190 Å². The molecular formula is C96H74N2O32S8. The molecule has 0 unspecified atom stereocenters. The van der Waals surface area contributed by atoms with Crippen LogP contribution in [0.2, 0.25) is 0 Å². The zero-order chi connectivity index (χ0) is 99.7. The van der Waals surface area contributed by atoms with Crippen molar-refractivity contribution in [3.63, 3.8) is 0 Å². The monoisotopic (exact) mass is 2020 g/mol. The molecule has 15 aromatic rings. The maximum absolute atomic E-state index is 17.0. The van der Waals surface area contributed by atoms with Gasteiger partial charge in [-0.1, -0.05) is 140 Å². The summed E-state index contributed by atoms with van der Waals surface area (Å²) in [5.41, 5.74) is -2.06. The highest BCUT2D eigenvalue weighted by molar-refractivity contribution is 7.87.